The Balaban J connectivity index is 1.93. The number of benzene rings is 2. The van der Waals surface area contributed by atoms with Gasteiger partial charge in [-0.05, 0) is 43.2 Å². The van der Waals surface area contributed by atoms with Crippen LogP contribution in [-0.4, -0.2) is 30.7 Å². The molecule has 0 aromatic heterocycles. The quantitative estimate of drug-likeness (QED) is 0.702. The van der Waals surface area contributed by atoms with Gasteiger partial charge < -0.3 is 9.64 Å². The summed E-state index contributed by atoms with van der Waals surface area (Å²) in [4.78, 5) is 26.2. The Morgan fingerprint density at radius 1 is 1.08 bits per heavy atom. The van der Waals surface area contributed by atoms with E-state index in [0.717, 1.165) is 11.1 Å². The Kier molecular flexibility index (Phi) is 6.50. The molecule has 0 aliphatic heterocycles. The summed E-state index contributed by atoms with van der Waals surface area (Å²) in [5, 5.41) is 0. The predicted molar refractivity (Wildman–Crippen MR) is 98.9 cm³/mol. The highest BCUT2D eigenvalue weighted by Gasteiger charge is 2.15. The van der Waals surface area contributed by atoms with Gasteiger partial charge in [0.15, 0.2) is 17.3 Å². The molecule has 138 valence electrons. The maximum atomic E-state index is 13.7. The summed E-state index contributed by atoms with van der Waals surface area (Å²) in [7, 11) is 3.05. The summed E-state index contributed by atoms with van der Waals surface area (Å²) in [6, 6.07) is 10.3. The van der Waals surface area contributed by atoms with Crippen LogP contribution >= 0.6 is 0 Å². The molecule has 4 nitrogen and oxygen atoms in total. The molecule has 2 aromatic carbocycles. The number of carbonyl (C=O) groups excluding carboxylic acids is 2. The van der Waals surface area contributed by atoms with Crippen LogP contribution in [-0.2, 0) is 11.3 Å². The molecular weight excluding hydrogens is 333 g/mol. The molecule has 0 fully saturated rings. The molecule has 26 heavy (non-hydrogen) atoms. The molecule has 0 unspecified atom stereocenters. The maximum absolute atomic E-state index is 13.7. The van der Waals surface area contributed by atoms with Gasteiger partial charge in [0, 0.05) is 32.0 Å². The van der Waals surface area contributed by atoms with E-state index >= 15 is 0 Å². The molecule has 2 aromatic rings. The lowest BCUT2D eigenvalue weighted by Crippen LogP contribution is -2.26. The molecule has 0 aliphatic carbocycles. The van der Waals surface area contributed by atoms with E-state index in [1.807, 2.05) is 32.0 Å². The van der Waals surface area contributed by atoms with E-state index in [4.69, 9.17) is 4.74 Å². The largest absolute Gasteiger partial charge is 0.494 e. The molecule has 0 spiro atoms. The van der Waals surface area contributed by atoms with Gasteiger partial charge in [-0.25, -0.2) is 4.39 Å². The van der Waals surface area contributed by atoms with Crippen molar-refractivity contribution in [3.63, 3.8) is 0 Å². The Hall–Kier alpha value is -2.69. The topological polar surface area (TPSA) is 46.6 Å². The third kappa shape index (κ3) is 4.91. The number of methoxy groups -OCH3 is 1. The molecule has 2 rings (SSSR count). The van der Waals surface area contributed by atoms with Crippen molar-refractivity contribution < 1.29 is 18.7 Å². The van der Waals surface area contributed by atoms with E-state index in [2.05, 4.69) is 0 Å². The number of hydrogen-bond donors (Lipinski definition) is 0. The maximum Gasteiger partial charge on any atom is 0.223 e. The zero-order chi connectivity index (χ0) is 19.3. The van der Waals surface area contributed by atoms with Crippen LogP contribution in [0.1, 0.15) is 39.9 Å². The minimum absolute atomic E-state index is 0.0385. The minimum atomic E-state index is -0.462. The second kappa shape index (κ2) is 8.61. The number of ketones is 1. The van der Waals surface area contributed by atoms with Crippen molar-refractivity contribution in [2.45, 2.75) is 33.2 Å². The van der Waals surface area contributed by atoms with Crippen molar-refractivity contribution in [1.29, 1.82) is 0 Å². The fourth-order valence-electron chi connectivity index (χ4n) is 2.75. The Morgan fingerprint density at radius 3 is 2.46 bits per heavy atom. The smallest absolute Gasteiger partial charge is 0.223 e. The van der Waals surface area contributed by atoms with E-state index in [-0.39, 0.29) is 36.8 Å². The van der Waals surface area contributed by atoms with Crippen molar-refractivity contribution in [2.75, 3.05) is 14.2 Å². The normalized spacial score (nSPS) is 10.5. The van der Waals surface area contributed by atoms with Gasteiger partial charge in [0.05, 0.1) is 7.11 Å². The molecule has 0 bridgehead atoms. The molecule has 0 saturated carbocycles. The zero-order valence-electron chi connectivity index (χ0n) is 15.6. The number of hydrogen-bond acceptors (Lipinski definition) is 3. The minimum Gasteiger partial charge on any atom is -0.494 e. The fraction of sp³-hybridized carbons (Fsp3) is 0.333. The van der Waals surface area contributed by atoms with Crippen LogP contribution in [0.25, 0.3) is 0 Å². The number of ether oxygens (including phenoxy) is 1. The third-order valence-corrected chi connectivity index (χ3v) is 4.32. The van der Waals surface area contributed by atoms with Gasteiger partial charge in [0.2, 0.25) is 5.91 Å². The number of halogens is 1. The van der Waals surface area contributed by atoms with Crippen molar-refractivity contribution in [3.05, 3.63) is 64.5 Å². The number of carbonyl (C=O) groups is 2. The summed E-state index contributed by atoms with van der Waals surface area (Å²) < 4.78 is 18.6. The van der Waals surface area contributed by atoms with Crippen LogP contribution in [0.2, 0.25) is 0 Å². The summed E-state index contributed by atoms with van der Waals surface area (Å²) in [5.74, 6) is -0.485. The number of Topliss-reactive ketones (excluding diaryl/α,β-unsaturated/α-hetero) is 1. The summed E-state index contributed by atoms with van der Waals surface area (Å²) in [6.07, 6.45) is 0.284. The highest BCUT2D eigenvalue weighted by atomic mass is 19.1. The van der Waals surface area contributed by atoms with Crippen LogP contribution in [0.3, 0.4) is 0 Å². The molecule has 5 heteroatoms. The molecular formula is C21H24FNO3. The van der Waals surface area contributed by atoms with E-state index in [1.165, 1.54) is 24.1 Å². The predicted octanol–water partition coefficient (Wildman–Crippen LogP) is 4.07. The summed E-state index contributed by atoms with van der Waals surface area (Å²) >= 11 is 0. The molecule has 0 aliphatic rings. The van der Waals surface area contributed by atoms with Gasteiger partial charge in [0.1, 0.15) is 0 Å². The molecule has 0 atom stereocenters. The molecule has 1 amide bonds. The molecule has 0 N–H and O–H groups in total. The van der Waals surface area contributed by atoms with Gasteiger partial charge >= 0.3 is 0 Å². The number of amides is 1. The van der Waals surface area contributed by atoms with Crippen LogP contribution in [0.15, 0.2) is 36.4 Å². The first-order valence-electron chi connectivity index (χ1n) is 8.48. The van der Waals surface area contributed by atoms with E-state index in [1.54, 1.807) is 13.1 Å². The lowest BCUT2D eigenvalue weighted by atomic mass is 9.99. The summed E-state index contributed by atoms with van der Waals surface area (Å²) in [6.45, 7) is 4.10. The number of rotatable bonds is 7. The van der Waals surface area contributed by atoms with Gasteiger partial charge in [-0.15, -0.1) is 0 Å². The second-order valence-corrected chi connectivity index (χ2v) is 6.46. The first-order chi connectivity index (χ1) is 12.3. The highest BCUT2D eigenvalue weighted by Crippen LogP contribution is 2.19. The van der Waals surface area contributed by atoms with E-state index in [0.29, 0.717) is 11.1 Å². The van der Waals surface area contributed by atoms with Gasteiger partial charge in [-0.1, -0.05) is 23.8 Å². The zero-order valence-corrected chi connectivity index (χ0v) is 15.6. The Labute approximate surface area is 153 Å². The van der Waals surface area contributed by atoms with Crippen molar-refractivity contribution >= 4 is 11.7 Å². The number of nitrogens with zero attached hydrogens (tertiary/aromatic N) is 1. The van der Waals surface area contributed by atoms with Gasteiger partial charge in [-0.3, -0.25) is 9.59 Å². The second-order valence-electron chi connectivity index (χ2n) is 6.46. The van der Waals surface area contributed by atoms with E-state index < -0.39 is 5.82 Å². The first-order valence-corrected chi connectivity index (χ1v) is 8.48. The van der Waals surface area contributed by atoms with E-state index in [9.17, 15) is 14.0 Å². The van der Waals surface area contributed by atoms with Crippen LogP contribution < -0.4 is 4.74 Å². The van der Waals surface area contributed by atoms with Crippen LogP contribution in [0.5, 0.6) is 5.75 Å². The highest BCUT2D eigenvalue weighted by molar-refractivity contribution is 5.99. The Bertz CT molecular complexity index is 817. The molecule has 0 saturated heterocycles. The van der Waals surface area contributed by atoms with Crippen LogP contribution in [0, 0.1) is 19.7 Å². The average molecular weight is 357 g/mol. The lowest BCUT2D eigenvalue weighted by molar-refractivity contribution is -0.130. The average Bonchev–Trinajstić information content (AvgIpc) is 2.61. The standard InChI is InChI=1S/C21H24FNO3/c1-14-5-6-15(2)17(11-14)19(24)8-10-21(25)23(3)13-16-7-9-20(26-4)18(22)12-16/h5-7,9,11-12H,8,10,13H2,1-4H3. The monoisotopic (exact) mass is 357 g/mol. The van der Waals surface area contributed by atoms with Crippen molar-refractivity contribution in [1.82, 2.24) is 4.90 Å². The lowest BCUT2D eigenvalue weighted by Gasteiger charge is -2.17. The van der Waals surface area contributed by atoms with Crippen molar-refractivity contribution in [3.8, 4) is 5.75 Å². The summed E-state index contributed by atoms with van der Waals surface area (Å²) in [5.41, 5.74) is 3.26. The Morgan fingerprint density at radius 2 is 1.81 bits per heavy atom. The molecule has 0 radical (unpaired) electrons. The van der Waals surface area contributed by atoms with Gasteiger partial charge in [0.25, 0.3) is 0 Å². The van der Waals surface area contributed by atoms with Crippen LogP contribution in [0.4, 0.5) is 4.39 Å². The third-order valence-electron chi connectivity index (χ3n) is 4.32. The molecule has 0 heterocycles. The number of aryl methyl sites for hydroxylation is 2. The fourth-order valence-corrected chi connectivity index (χ4v) is 2.75. The first kappa shape index (κ1) is 19.6. The van der Waals surface area contributed by atoms with Crippen molar-refractivity contribution in [2.24, 2.45) is 0 Å². The SMILES string of the molecule is COc1ccc(CN(C)C(=O)CCC(=O)c2cc(C)ccc2C)cc1F. The van der Waals surface area contributed by atoms with Gasteiger partial charge in [-0.2, -0.15) is 0 Å².